The third-order valence-electron chi connectivity index (χ3n) is 3.99. The molecule has 0 N–H and O–H groups in total. The summed E-state index contributed by atoms with van der Waals surface area (Å²) in [5, 5.41) is 0. The van der Waals surface area contributed by atoms with Crippen LogP contribution in [0.25, 0.3) is 11.3 Å². The van der Waals surface area contributed by atoms with E-state index in [-0.39, 0.29) is 0 Å². The molecule has 20 heavy (non-hydrogen) atoms. The average molecular weight is 331 g/mol. The van der Waals surface area contributed by atoms with Crippen molar-refractivity contribution in [3.05, 3.63) is 46.3 Å². The average Bonchev–Trinajstić information content (AvgIpc) is 2.36. The molecule has 0 aliphatic heterocycles. The molecule has 0 amide bonds. The second-order valence-electron chi connectivity index (χ2n) is 5.84. The summed E-state index contributed by atoms with van der Waals surface area (Å²) in [6.45, 7) is 4.24. The molecule has 1 aliphatic rings. The Kier molecular flexibility index (Phi) is 3.88. The van der Waals surface area contributed by atoms with E-state index in [4.69, 9.17) is 4.98 Å². The van der Waals surface area contributed by atoms with Gasteiger partial charge in [-0.15, -0.1) is 0 Å². The number of benzene rings is 1. The van der Waals surface area contributed by atoms with Gasteiger partial charge in [-0.25, -0.2) is 9.97 Å². The Morgan fingerprint density at radius 1 is 1.15 bits per heavy atom. The molecule has 2 nitrogen and oxygen atoms in total. The Labute approximate surface area is 128 Å². The SMILES string of the molecule is CC(C)c1nc(Br)cc(-c2cccc(C3CCC3)c2)n1. The van der Waals surface area contributed by atoms with Crippen molar-refractivity contribution in [2.75, 3.05) is 0 Å². The lowest BCUT2D eigenvalue weighted by molar-refractivity contribution is 0.420. The largest absolute Gasteiger partial charge is 0.233 e. The van der Waals surface area contributed by atoms with Crippen molar-refractivity contribution in [1.82, 2.24) is 9.97 Å². The van der Waals surface area contributed by atoms with Gasteiger partial charge in [-0.3, -0.25) is 0 Å². The van der Waals surface area contributed by atoms with Crippen LogP contribution in [0.4, 0.5) is 0 Å². The summed E-state index contributed by atoms with van der Waals surface area (Å²) < 4.78 is 0.861. The number of nitrogens with zero attached hydrogens (tertiary/aromatic N) is 2. The van der Waals surface area contributed by atoms with E-state index in [1.54, 1.807) is 0 Å². The number of aromatic nitrogens is 2. The number of rotatable bonds is 3. The van der Waals surface area contributed by atoms with Gasteiger partial charge in [0.25, 0.3) is 0 Å². The molecule has 0 spiro atoms. The van der Waals surface area contributed by atoms with Crippen molar-refractivity contribution in [3.63, 3.8) is 0 Å². The third kappa shape index (κ3) is 2.78. The van der Waals surface area contributed by atoms with Crippen molar-refractivity contribution in [2.24, 2.45) is 0 Å². The van der Waals surface area contributed by atoms with Gasteiger partial charge in [0.05, 0.1) is 5.69 Å². The predicted molar refractivity (Wildman–Crippen MR) is 85.8 cm³/mol. The van der Waals surface area contributed by atoms with Crippen molar-refractivity contribution < 1.29 is 0 Å². The molecule has 1 aromatic carbocycles. The first-order valence-electron chi connectivity index (χ1n) is 7.28. The normalized spacial score (nSPS) is 15.4. The molecule has 0 atom stereocenters. The maximum Gasteiger partial charge on any atom is 0.132 e. The molecule has 1 aliphatic carbocycles. The molecule has 0 saturated heterocycles. The van der Waals surface area contributed by atoms with Gasteiger partial charge >= 0.3 is 0 Å². The van der Waals surface area contributed by atoms with Crippen LogP contribution in [0.15, 0.2) is 34.9 Å². The number of hydrogen-bond acceptors (Lipinski definition) is 2. The summed E-state index contributed by atoms with van der Waals surface area (Å²) in [4.78, 5) is 9.16. The third-order valence-corrected chi connectivity index (χ3v) is 4.39. The van der Waals surface area contributed by atoms with E-state index in [0.717, 1.165) is 22.0 Å². The molecule has 2 aromatic rings. The van der Waals surface area contributed by atoms with Gasteiger partial charge in [0.2, 0.25) is 0 Å². The second-order valence-corrected chi connectivity index (χ2v) is 6.65. The second kappa shape index (κ2) is 5.65. The smallest absolute Gasteiger partial charge is 0.132 e. The highest BCUT2D eigenvalue weighted by Gasteiger charge is 2.19. The van der Waals surface area contributed by atoms with E-state index in [9.17, 15) is 0 Å². The zero-order chi connectivity index (χ0) is 14.1. The lowest BCUT2D eigenvalue weighted by Crippen LogP contribution is -2.08. The van der Waals surface area contributed by atoms with E-state index in [1.165, 1.54) is 30.4 Å². The molecule has 0 bridgehead atoms. The predicted octanol–water partition coefficient (Wildman–Crippen LogP) is 5.30. The van der Waals surface area contributed by atoms with Crippen molar-refractivity contribution >= 4 is 15.9 Å². The number of halogens is 1. The van der Waals surface area contributed by atoms with Crippen LogP contribution >= 0.6 is 15.9 Å². The maximum atomic E-state index is 4.71. The highest BCUT2D eigenvalue weighted by atomic mass is 79.9. The summed E-state index contributed by atoms with van der Waals surface area (Å²) in [6.07, 6.45) is 4.02. The fourth-order valence-electron chi connectivity index (χ4n) is 2.53. The Morgan fingerprint density at radius 3 is 2.60 bits per heavy atom. The molecule has 104 valence electrons. The lowest BCUT2D eigenvalue weighted by atomic mass is 9.79. The van der Waals surface area contributed by atoms with E-state index >= 15 is 0 Å². The minimum atomic E-state index is 0.334. The Hall–Kier alpha value is -1.22. The van der Waals surface area contributed by atoms with Crippen LogP contribution in [-0.4, -0.2) is 9.97 Å². The standard InChI is InChI=1S/C17H19BrN2/c1-11(2)17-19-15(10-16(18)20-17)14-8-4-7-13(9-14)12-5-3-6-12/h4,7-12H,3,5-6H2,1-2H3. The maximum absolute atomic E-state index is 4.71. The zero-order valence-electron chi connectivity index (χ0n) is 11.9. The van der Waals surface area contributed by atoms with Gasteiger partial charge in [-0.2, -0.15) is 0 Å². The van der Waals surface area contributed by atoms with Crippen LogP contribution in [0.2, 0.25) is 0 Å². The number of hydrogen-bond donors (Lipinski definition) is 0. The molecule has 0 unspecified atom stereocenters. The first kappa shape index (κ1) is 13.7. The van der Waals surface area contributed by atoms with Crippen LogP contribution in [0.1, 0.15) is 56.3 Å². The first-order valence-corrected chi connectivity index (χ1v) is 8.07. The molecule has 3 rings (SSSR count). The quantitative estimate of drug-likeness (QED) is 0.714. The monoisotopic (exact) mass is 330 g/mol. The first-order chi connectivity index (χ1) is 9.63. The minimum absolute atomic E-state index is 0.334. The zero-order valence-corrected chi connectivity index (χ0v) is 13.5. The Bertz CT molecular complexity index is 618. The van der Waals surface area contributed by atoms with Crippen LogP contribution in [-0.2, 0) is 0 Å². The van der Waals surface area contributed by atoms with Crippen molar-refractivity contribution in [3.8, 4) is 11.3 Å². The topological polar surface area (TPSA) is 25.8 Å². The Morgan fingerprint density at radius 2 is 1.95 bits per heavy atom. The summed E-state index contributed by atoms with van der Waals surface area (Å²) in [5.41, 5.74) is 3.66. The Balaban J connectivity index is 1.99. The van der Waals surface area contributed by atoms with Gasteiger partial charge < -0.3 is 0 Å². The fourth-order valence-corrected chi connectivity index (χ4v) is 2.93. The van der Waals surface area contributed by atoms with Crippen molar-refractivity contribution in [1.29, 1.82) is 0 Å². The van der Waals surface area contributed by atoms with E-state index in [2.05, 4.69) is 59.0 Å². The van der Waals surface area contributed by atoms with Crippen LogP contribution < -0.4 is 0 Å². The molecular formula is C17H19BrN2. The fraction of sp³-hybridized carbons (Fsp3) is 0.412. The van der Waals surface area contributed by atoms with E-state index in [1.807, 2.05) is 6.07 Å². The highest BCUT2D eigenvalue weighted by Crippen LogP contribution is 2.37. The molecule has 1 saturated carbocycles. The van der Waals surface area contributed by atoms with Crippen LogP contribution in [0.3, 0.4) is 0 Å². The molecule has 1 fully saturated rings. The summed E-state index contributed by atoms with van der Waals surface area (Å²) in [7, 11) is 0. The van der Waals surface area contributed by atoms with Gasteiger partial charge in [-0.1, -0.05) is 38.5 Å². The summed E-state index contributed by atoms with van der Waals surface area (Å²) >= 11 is 3.50. The molecular weight excluding hydrogens is 312 g/mol. The molecule has 1 heterocycles. The van der Waals surface area contributed by atoms with Gasteiger partial charge in [-0.05, 0) is 52.4 Å². The van der Waals surface area contributed by atoms with E-state index < -0.39 is 0 Å². The van der Waals surface area contributed by atoms with Crippen LogP contribution in [0.5, 0.6) is 0 Å². The minimum Gasteiger partial charge on any atom is -0.233 e. The van der Waals surface area contributed by atoms with Gasteiger partial charge in [0.15, 0.2) is 0 Å². The van der Waals surface area contributed by atoms with Crippen molar-refractivity contribution in [2.45, 2.75) is 44.9 Å². The summed E-state index contributed by atoms with van der Waals surface area (Å²) in [5.74, 6) is 1.98. The van der Waals surface area contributed by atoms with Crippen LogP contribution in [0, 0.1) is 0 Å². The molecule has 0 radical (unpaired) electrons. The highest BCUT2D eigenvalue weighted by molar-refractivity contribution is 9.10. The lowest BCUT2D eigenvalue weighted by Gasteiger charge is -2.26. The van der Waals surface area contributed by atoms with Gasteiger partial charge in [0, 0.05) is 11.5 Å². The summed E-state index contributed by atoms with van der Waals surface area (Å²) in [6, 6.07) is 10.8. The van der Waals surface area contributed by atoms with E-state index in [0.29, 0.717) is 5.92 Å². The molecule has 3 heteroatoms. The molecule has 1 aromatic heterocycles. The van der Waals surface area contributed by atoms with Gasteiger partial charge in [0.1, 0.15) is 10.4 Å².